The summed E-state index contributed by atoms with van der Waals surface area (Å²) < 4.78 is 6.59. The van der Waals surface area contributed by atoms with Gasteiger partial charge < -0.3 is 4.74 Å². The predicted octanol–water partition coefficient (Wildman–Crippen LogP) is 4.19. The van der Waals surface area contributed by atoms with Gasteiger partial charge in [0.15, 0.2) is 0 Å². The number of hydrogen-bond acceptors (Lipinski definition) is 2. The van der Waals surface area contributed by atoms with E-state index in [-0.39, 0.29) is 0 Å². The lowest BCUT2D eigenvalue weighted by Crippen LogP contribution is -1.94. The van der Waals surface area contributed by atoms with Gasteiger partial charge in [-0.1, -0.05) is 13.3 Å². The second-order valence-electron chi connectivity index (χ2n) is 4.05. The third-order valence-corrected chi connectivity index (χ3v) is 3.77. The number of rotatable bonds is 4. The molecule has 0 fully saturated rings. The third kappa shape index (κ3) is 2.70. The predicted molar refractivity (Wildman–Crippen MR) is 79.6 cm³/mol. The number of aryl methyl sites for hydroxylation is 1. The van der Waals surface area contributed by atoms with Gasteiger partial charge in [-0.3, -0.25) is 0 Å². The van der Waals surface area contributed by atoms with E-state index in [4.69, 9.17) is 9.72 Å². The molecule has 0 unspecified atom stereocenters. The largest absolute Gasteiger partial charge is 0.494 e. The Morgan fingerprint density at radius 3 is 2.76 bits per heavy atom. The smallest absolute Gasteiger partial charge is 0.145 e. The van der Waals surface area contributed by atoms with Gasteiger partial charge in [0.1, 0.15) is 11.3 Å². The van der Waals surface area contributed by atoms with Crippen LogP contribution in [0.4, 0.5) is 0 Å². The Balaban J connectivity index is 2.50. The Kier molecular flexibility index (Phi) is 4.20. The molecule has 17 heavy (non-hydrogen) atoms. The van der Waals surface area contributed by atoms with Crippen LogP contribution in [0.1, 0.15) is 25.5 Å². The molecule has 0 atom stereocenters. The molecule has 0 aliphatic heterocycles. The number of methoxy groups -OCH3 is 1. The SMILES string of the molecule is CCCCc1ccc2c(I)ccc(OC)c2n1. The molecular formula is C14H16INO. The van der Waals surface area contributed by atoms with Gasteiger partial charge in [-0.2, -0.15) is 0 Å². The molecule has 2 nitrogen and oxygen atoms in total. The Morgan fingerprint density at radius 1 is 1.24 bits per heavy atom. The van der Waals surface area contributed by atoms with Crippen molar-refractivity contribution < 1.29 is 4.74 Å². The summed E-state index contributed by atoms with van der Waals surface area (Å²) in [5.74, 6) is 0.860. The van der Waals surface area contributed by atoms with Crippen molar-refractivity contribution in [2.75, 3.05) is 7.11 Å². The molecule has 3 heteroatoms. The summed E-state index contributed by atoms with van der Waals surface area (Å²) in [5, 5.41) is 1.17. The molecule has 0 amide bonds. The van der Waals surface area contributed by atoms with Crippen molar-refractivity contribution in [3.8, 4) is 5.75 Å². The molecule has 2 aromatic rings. The van der Waals surface area contributed by atoms with Crippen molar-refractivity contribution in [1.82, 2.24) is 4.98 Å². The van der Waals surface area contributed by atoms with E-state index in [1.54, 1.807) is 7.11 Å². The fourth-order valence-corrected chi connectivity index (χ4v) is 2.47. The number of ether oxygens (including phenoxy) is 1. The molecule has 1 heterocycles. The van der Waals surface area contributed by atoms with Crippen molar-refractivity contribution in [3.05, 3.63) is 33.5 Å². The average molecular weight is 341 g/mol. The maximum absolute atomic E-state index is 5.38. The van der Waals surface area contributed by atoms with E-state index in [0.29, 0.717) is 0 Å². The molecular weight excluding hydrogens is 325 g/mol. The van der Waals surface area contributed by atoms with Crippen molar-refractivity contribution in [2.45, 2.75) is 26.2 Å². The molecule has 0 radical (unpaired) electrons. The number of aromatic nitrogens is 1. The lowest BCUT2D eigenvalue weighted by Gasteiger charge is -2.08. The molecule has 1 aromatic carbocycles. The van der Waals surface area contributed by atoms with Gasteiger partial charge in [0.25, 0.3) is 0 Å². The quantitative estimate of drug-likeness (QED) is 0.778. The van der Waals surface area contributed by atoms with E-state index in [2.05, 4.69) is 47.7 Å². The number of fused-ring (bicyclic) bond motifs is 1. The lowest BCUT2D eigenvalue weighted by molar-refractivity contribution is 0.418. The van der Waals surface area contributed by atoms with Crippen LogP contribution in [0.3, 0.4) is 0 Å². The van der Waals surface area contributed by atoms with Gasteiger partial charge in [0.2, 0.25) is 0 Å². The summed E-state index contributed by atoms with van der Waals surface area (Å²) in [6.45, 7) is 2.20. The zero-order valence-corrected chi connectivity index (χ0v) is 12.3. The minimum atomic E-state index is 0.860. The fraction of sp³-hybridized carbons (Fsp3) is 0.357. The Morgan fingerprint density at radius 2 is 2.06 bits per heavy atom. The first kappa shape index (κ1) is 12.6. The molecule has 0 N–H and O–H groups in total. The van der Waals surface area contributed by atoms with Crippen LogP contribution >= 0.6 is 22.6 Å². The van der Waals surface area contributed by atoms with E-state index in [0.717, 1.165) is 23.4 Å². The molecule has 0 saturated heterocycles. The van der Waals surface area contributed by atoms with Crippen molar-refractivity contribution in [1.29, 1.82) is 0 Å². The van der Waals surface area contributed by atoms with Crippen LogP contribution in [0.15, 0.2) is 24.3 Å². The highest BCUT2D eigenvalue weighted by atomic mass is 127. The van der Waals surface area contributed by atoms with Crippen LogP contribution in [-0.4, -0.2) is 12.1 Å². The van der Waals surface area contributed by atoms with Crippen LogP contribution in [-0.2, 0) is 6.42 Å². The van der Waals surface area contributed by atoms with Crippen molar-refractivity contribution in [2.24, 2.45) is 0 Å². The van der Waals surface area contributed by atoms with E-state index in [1.807, 2.05) is 6.07 Å². The molecule has 2 rings (SSSR count). The molecule has 0 saturated carbocycles. The minimum Gasteiger partial charge on any atom is -0.494 e. The van der Waals surface area contributed by atoms with E-state index >= 15 is 0 Å². The lowest BCUT2D eigenvalue weighted by atomic mass is 10.1. The van der Waals surface area contributed by atoms with Gasteiger partial charge in [-0.15, -0.1) is 0 Å². The van der Waals surface area contributed by atoms with Gasteiger partial charge in [-0.05, 0) is 59.7 Å². The van der Waals surface area contributed by atoms with Crippen molar-refractivity contribution >= 4 is 33.5 Å². The Bertz CT molecular complexity index is 525. The third-order valence-electron chi connectivity index (χ3n) is 2.83. The fourth-order valence-electron chi connectivity index (χ4n) is 1.86. The summed E-state index contributed by atoms with van der Waals surface area (Å²) >= 11 is 2.34. The van der Waals surface area contributed by atoms with Gasteiger partial charge in [0, 0.05) is 14.7 Å². The number of unbranched alkanes of at least 4 members (excludes halogenated alkanes) is 1. The maximum Gasteiger partial charge on any atom is 0.145 e. The highest BCUT2D eigenvalue weighted by Crippen LogP contribution is 2.28. The molecule has 0 spiro atoms. The van der Waals surface area contributed by atoms with Crippen LogP contribution < -0.4 is 4.74 Å². The summed E-state index contributed by atoms with van der Waals surface area (Å²) in [4.78, 5) is 4.71. The summed E-state index contributed by atoms with van der Waals surface area (Å²) in [6, 6.07) is 8.33. The monoisotopic (exact) mass is 341 g/mol. The Labute approximate surface area is 116 Å². The summed E-state index contributed by atoms with van der Waals surface area (Å²) in [6.07, 6.45) is 3.43. The second kappa shape index (κ2) is 5.67. The van der Waals surface area contributed by atoms with Crippen molar-refractivity contribution in [3.63, 3.8) is 0 Å². The first-order valence-corrected chi connectivity index (χ1v) is 6.96. The molecule has 90 valence electrons. The van der Waals surface area contributed by atoms with Crippen LogP contribution in [0.25, 0.3) is 10.9 Å². The first-order valence-electron chi connectivity index (χ1n) is 5.88. The molecule has 1 aromatic heterocycles. The van der Waals surface area contributed by atoms with Crippen LogP contribution in [0.2, 0.25) is 0 Å². The van der Waals surface area contributed by atoms with Gasteiger partial charge in [-0.25, -0.2) is 4.98 Å². The number of nitrogens with zero attached hydrogens (tertiary/aromatic N) is 1. The topological polar surface area (TPSA) is 22.1 Å². The molecule has 0 aliphatic rings. The van der Waals surface area contributed by atoms with E-state index in [1.165, 1.54) is 21.8 Å². The van der Waals surface area contributed by atoms with E-state index in [9.17, 15) is 0 Å². The summed E-state index contributed by atoms with van der Waals surface area (Å²) in [7, 11) is 1.70. The zero-order chi connectivity index (χ0) is 12.3. The van der Waals surface area contributed by atoms with Crippen LogP contribution in [0.5, 0.6) is 5.75 Å². The number of hydrogen-bond donors (Lipinski definition) is 0. The minimum absolute atomic E-state index is 0.860. The highest BCUT2D eigenvalue weighted by molar-refractivity contribution is 14.1. The molecule has 0 aliphatic carbocycles. The summed E-state index contributed by atoms with van der Waals surface area (Å²) in [5.41, 5.74) is 2.13. The number of benzene rings is 1. The zero-order valence-electron chi connectivity index (χ0n) is 10.2. The van der Waals surface area contributed by atoms with Gasteiger partial charge in [0.05, 0.1) is 7.11 Å². The van der Waals surface area contributed by atoms with E-state index < -0.39 is 0 Å². The first-order chi connectivity index (χ1) is 8.26. The number of halogens is 1. The Hall–Kier alpha value is -0.840. The standard InChI is InChI=1S/C14H16INO/c1-3-4-5-10-6-7-11-12(15)8-9-13(17-2)14(11)16-10/h6-9H,3-5H2,1-2H3. The normalized spacial score (nSPS) is 10.8. The van der Waals surface area contributed by atoms with Gasteiger partial charge >= 0.3 is 0 Å². The molecule has 0 bridgehead atoms. The highest BCUT2D eigenvalue weighted by Gasteiger charge is 2.07. The number of pyridine rings is 1. The average Bonchev–Trinajstić information content (AvgIpc) is 2.37. The maximum atomic E-state index is 5.38. The van der Waals surface area contributed by atoms with Crippen LogP contribution in [0, 0.1) is 3.57 Å². The second-order valence-corrected chi connectivity index (χ2v) is 5.21.